The molecular formula is C56H101N7O23. The van der Waals surface area contributed by atoms with Crippen LogP contribution in [0.3, 0.4) is 0 Å². The third kappa shape index (κ3) is 58.3. The van der Waals surface area contributed by atoms with E-state index in [2.05, 4.69) is 37.2 Å². The zero-order valence-corrected chi connectivity index (χ0v) is 52.3. The maximum absolute atomic E-state index is 11.7. The lowest BCUT2D eigenvalue weighted by Gasteiger charge is -2.16. The molecule has 0 aliphatic heterocycles. The number of carboxylic acid groups (broad SMARTS) is 2. The first-order chi connectivity index (χ1) is 40.6. The maximum atomic E-state index is 11.7. The Bertz CT molecular complexity index is 1950. The van der Waals surface area contributed by atoms with Gasteiger partial charge in [0.2, 0.25) is 41.4 Å². The molecule has 9 N–H and O–H groups in total. The number of ether oxygens (including phenoxy) is 9. The van der Waals surface area contributed by atoms with Gasteiger partial charge in [-0.05, 0) is 12.8 Å². The van der Waals surface area contributed by atoms with Crippen LogP contribution >= 0.6 is 0 Å². The highest BCUT2D eigenvalue weighted by Crippen LogP contribution is 2.14. The van der Waals surface area contributed by atoms with Crippen molar-refractivity contribution in [1.82, 2.24) is 37.2 Å². The molecule has 0 spiro atoms. The Morgan fingerprint density at radius 1 is 0.372 bits per heavy atom. The molecule has 0 unspecified atom stereocenters. The predicted molar refractivity (Wildman–Crippen MR) is 310 cm³/mol. The van der Waals surface area contributed by atoms with E-state index in [0.29, 0.717) is 85.3 Å². The van der Waals surface area contributed by atoms with Crippen LogP contribution in [-0.4, -0.2) is 245 Å². The highest BCUT2D eigenvalue weighted by molar-refractivity contribution is 5.85. The van der Waals surface area contributed by atoms with Crippen molar-refractivity contribution in [1.29, 1.82) is 0 Å². The van der Waals surface area contributed by atoms with Crippen LogP contribution in [0.4, 0.5) is 0 Å². The van der Waals surface area contributed by atoms with Gasteiger partial charge in [-0.15, -0.1) is 0 Å². The van der Waals surface area contributed by atoms with E-state index in [1.807, 2.05) is 48.5 Å². The van der Waals surface area contributed by atoms with E-state index >= 15 is 0 Å². The molecule has 0 bridgehead atoms. The number of carboxylic acids is 2. The molecule has 0 aromatic rings. The van der Waals surface area contributed by atoms with Gasteiger partial charge in [-0.1, -0.05) is 55.4 Å². The number of carbonyl (C=O) groups is 12. The summed E-state index contributed by atoms with van der Waals surface area (Å²) in [4.78, 5) is 136. The number of ketones is 3. The van der Waals surface area contributed by atoms with E-state index in [0.717, 1.165) is 0 Å². The third-order valence-electron chi connectivity index (χ3n) is 10.9. The minimum Gasteiger partial charge on any atom is -0.480 e. The van der Waals surface area contributed by atoms with Gasteiger partial charge in [-0.25, -0.2) is 9.59 Å². The summed E-state index contributed by atoms with van der Waals surface area (Å²) in [6, 6.07) is -2.22. The lowest BCUT2D eigenvalue weighted by atomic mass is 9.91. The molecule has 86 heavy (non-hydrogen) atoms. The molecule has 0 aromatic heterocycles. The van der Waals surface area contributed by atoms with Crippen LogP contribution in [0.5, 0.6) is 0 Å². The average Bonchev–Trinajstić information content (AvgIpc) is 3.46. The van der Waals surface area contributed by atoms with Gasteiger partial charge >= 0.3 is 11.9 Å². The molecule has 0 aliphatic rings. The van der Waals surface area contributed by atoms with Crippen LogP contribution in [-0.2, 0) is 100 Å². The Balaban J connectivity index is -0.00000130. The van der Waals surface area contributed by atoms with Crippen LogP contribution in [0, 0.1) is 17.3 Å². The molecule has 7 amide bonds. The molecular weight excluding hydrogens is 1140 g/mol. The molecule has 0 fully saturated rings. The molecule has 30 heteroatoms. The number of carbonyl (C=O) groups excluding carboxylic acids is 10. The summed E-state index contributed by atoms with van der Waals surface area (Å²) in [5, 5.41) is 35.6. The van der Waals surface area contributed by atoms with Crippen molar-refractivity contribution in [3.8, 4) is 0 Å². The predicted octanol–water partition coefficient (Wildman–Crippen LogP) is -0.706. The minimum absolute atomic E-state index is 0.0152. The van der Waals surface area contributed by atoms with Gasteiger partial charge in [-0.3, -0.25) is 47.9 Å². The molecule has 0 radical (unpaired) electrons. The van der Waals surface area contributed by atoms with Crippen molar-refractivity contribution >= 4 is 70.6 Å². The molecule has 0 heterocycles. The Hall–Kier alpha value is -6.12. The van der Waals surface area contributed by atoms with Gasteiger partial charge in [0.05, 0.1) is 92.5 Å². The van der Waals surface area contributed by atoms with E-state index in [-0.39, 0.29) is 164 Å². The Kier molecular flexibility index (Phi) is 54.2. The van der Waals surface area contributed by atoms with Crippen molar-refractivity contribution < 1.29 is 110 Å². The number of amides is 7. The number of nitrogens with one attached hydrogen (secondary N) is 7. The van der Waals surface area contributed by atoms with Crippen molar-refractivity contribution in [2.24, 2.45) is 17.3 Å². The van der Waals surface area contributed by atoms with E-state index in [4.69, 9.17) is 52.8 Å². The zero-order valence-electron chi connectivity index (χ0n) is 52.3. The summed E-state index contributed by atoms with van der Waals surface area (Å²) in [6.07, 6.45) is 0.822. The molecule has 2 atom stereocenters. The van der Waals surface area contributed by atoms with Crippen LogP contribution in [0.1, 0.15) is 108 Å². The minimum atomic E-state index is -1.20. The van der Waals surface area contributed by atoms with Crippen molar-refractivity contribution in [3.63, 3.8) is 0 Å². The fraction of sp³-hybridized carbons (Fsp3) is 0.786. The topological polar surface area (TPSA) is 413 Å². The average molecular weight is 1240 g/mol. The Labute approximate surface area is 505 Å². The Morgan fingerprint density at radius 3 is 0.988 bits per heavy atom. The number of hydrogen-bond donors (Lipinski definition) is 9. The second-order valence-electron chi connectivity index (χ2n) is 20.3. The highest BCUT2D eigenvalue weighted by Gasteiger charge is 2.22. The van der Waals surface area contributed by atoms with Gasteiger partial charge in [-0.2, -0.15) is 0 Å². The largest absolute Gasteiger partial charge is 0.480 e. The first kappa shape index (κ1) is 84.1. The maximum Gasteiger partial charge on any atom is 0.326 e. The summed E-state index contributed by atoms with van der Waals surface area (Å²) < 4.78 is 47.2. The van der Waals surface area contributed by atoms with Gasteiger partial charge in [0.15, 0.2) is 11.6 Å². The number of aliphatic carboxylic acids is 2. The molecule has 498 valence electrons. The molecule has 0 saturated heterocycles. The van der Waals surface area contributed by atoms with Gasteiger partial charge in [0.1, 0.15) is 44.3 Å². The van der Waals surface area contributed by atoms with Crippen molar-refractivity contribution in [3.05, 3.63) is 0 Å². The quantitative estimate of drug-likeness (QED) is 0.0340. The smallest absolute Gasteiger partial charge is 0.326 e. The summed E-state index contributed by atoms with van der Waals surface area (Å²) in [6.45, 7) is 22.7. The summed E-state index contributed by atoms with van der Waals surface area (Å²) >= 11 is 0. The summed E-state index contributed by atoms with van der Waals surface area (Å²) in [7, 11) is 0. The molecule has 0 aromatic carbocycles. The normalized spacial score (nSPS) is 11.6. The summed E-state index contributed by atoms with van der Waals surface area (Å²) in [5.74, 6) is -4.31. The lowest BCUT2D eigenvalue weighted by Crippen LogP contribution is -2.40. The molecule has 0 rings (SSSR count). The zero-order chi connectivity index (χ0) is 65.6. The van der Waals surface area contributed by atoms with Crippen LogP contribution in [0.15, 0.2) is 0 Å². The SMILES string of the molecule is CC(=O)N[C@@H](CCC(=O)NCCOCCOCC(=O)NCCOCCOCC(=O)C(C)(C)C)C(=O)O.CC(=O)N[C@@H](CCC(=O)NCCOCCOCC(=O)NCCOCCOCC(=O)C(C)C)C(=O)O.CCC(=O)NCCOCCC(=O)C(C)C. The van der Waals surface area contributed by atoms with Crippen molar-refractivity contribution in [2.45, 2.75) is 120 Å². The standard InChI is InChI=1S/C23H41N3O10.C22H39N3O10.C11H21NO3/c1-17(27)26-18(22(31)32)5-6-20(29)24-7-9-33-12-14-36-16-21(30)25-8-10-34-11-13-35-15-19(28)23(2,3)4;1-16(2)19(27)14-34-12-10-33-9-7-24-21(29)15-35-13-11-32-8-6-23-20(28)5-4-18(22(30)31)25-17(3)26;1-4-11(14)12-6-8-15-7-5-10(13)9(2)3/h18H,5-16H2,1-4H3,(H,24,29)(H,25,30)(H,26,27)(H,31,32);16,18H,4-15H2,1-3H3,(H,23,28)(H,24,29)(H,25,26)(H,30,31);9H,4-8H2,1-3H3,(H,12,14)/t2*18-;/m00./s1. The van der Waals surface area contributed by atoms with Crippen LogP contribution in [0.2, 0.25) is 0 Å². The lowest BCUT2D eigenvalue weighted by molar-refractivity contribution is -0.142. The van der Waals surface area contributed by atoms with Crippen LogP contribution in [0.25, 0.3) is 0 Å². The second-order valence-corrected chi connectivity index (χ2v) is 20.3. The fourth-order valence-electron chi connectivity index (χ4n) is 5.77. The van der Waals surface area contributed by atoms with Gasteiger partial charge in [0, 0.05) is 89.5 Å². The number of hydrogen-bond acceptors (Lipinski definition) is 21. The second kappa shape index (κ2) is 55.5. The fourth-order valence-corrected chi connectivity index (χ4v) is 5.77. The first-order valence-electron chi connectivity index (χ1n) is 28.8. The monoisotopic (exact) mass is 1240 g/mol. The van der Waals surface area contributed by atoms with E-state index in [1.165, 1.54) is 13.8 Å². The molecule has 0 aliphatic carbocycles. The first-order valence-corrected chi connectivity index (χ1v) is 28.8. The van der Waals surface area contributed by atoms with Gasteiger partial charge in [0.25, 0.3) is 0 Å². The van der Waals surface area contributed by atoms with Crippen molar-refractivity contribution in [2.75, 3.05) is 152 Å². The van der Waals surface area contributed by atoms with E-state index < -0.39 is 41.3 Å². The van der Waals surface area contributed by atoms with Gasteiger partial charge < -0.3 is 90.1 Å². The number of Topliss-reactive ketones (excluding diaryl/α,β-unsaturated/α-hetero) is 3. The number of rotatable bonds is 51. The Morgan fingerprint density at radius 2 is 0.674 bits per heavy atom. The molecule has 30 nitrogen and oxygen atoms in total. The van der Waals surface area contributed by atoms with Crippen LogP contribution < -0.4 is 37.2 Å². The van der Waals surface area contributed by atoms with E-state index in [1.54, 1.807) is 6.92 Å². The summed E-state index contributed by atoms with van der Waals surface area (Å²) in [5.41, 5.74) is -0.426. The molecule has 0 saturated carbocycles. The highest BCUT2D eigenvalue weighted by atomic mass is 16.5. The van der Waals surface area contributed by atoms with E-state index in [9.17, 15) is 57.5 Å². The third-order valence-corrected chi connectivity index (χ3v) is 10.9.